The number of thioether (sulfide) groups is 1. The molecular weight excluding hydrogens is 308 g/mol. The zero-order valence-corrected chi connectivity index (χ0v) is 13.8. The molecule has 2 amide bonds. The van der Waals surface area contributed by atoms with Crippen LogP contribution in [0.15, 0.2) is 4.34 Å². The average Bonchev–Trinajstić information content (AvgIpc) is 2.76. The molecule has 1 aliphatic rings. The van der Waals surface area contributed by atoms with Crippen LogP contribution in [0, 0.1) is 0 Å². The molecule has 6 nitrogen and oxygen atoms in total. The average molecular weight is 328 g/mol. The third kappa shape index (κ3) is 5.28. The van der Waals surface area contributed by atoms with E-state index in [2.05, 4.69) is 15.5 Å². The molecule has 2 rings (SSSR count). The van der Waals surface area contributed by atoms with Crippen LogP contribution in [0.1, 0.15) is 38.5 Å². The van der Waals surface area contributed by atoms with E-state index < -0.39 is 0 Å². The predicted molar refractivity (Wildman–Crippen MR) is 84.6 cm³/mol. The first-order valence-corrected chi connectivity index (χ1v) is 9.18. The van der Waals surface area contributed by atoms with Crippen LogP contribution in [-0.4, -0.2) is 46.3 Å². The van der Waals surface area contributed by atoms with Gasteiger partial charge in [-0.15, -0.1) is 10.2 Å². The number of likely N-dealkylation sites (tertiary alicyclic amines) is 1. The molecule has 0 spiro atoms. The summed E-state index contributed by atoms with van der Waals surface area (Å²) in [6.07, 6.45) is 6.90. The van der Waals surface area contributed by atoms with Gasteiger partial charge in [0.25, 0.3) is 0 Å². The number of amides is 2. The monoisotopic (exact) mass is 328 g/mol. The highest BCUT2D eigenvalue weighted by Gasteiger charge is 2.17. The summed E-state index contributed by atoms with van der Waals surface area (Å²) < 4.78 is 0.811. The summed E-state index contributed by atoms with van der Waals surface area (Å²) in [6, 6.07) is 0. The summed E-state index contributed by atoms with van der Waals surface area (Å²) in [6.45, 7) is 1.65. The van der Waals surface area contributed by atoms with Crippen LogP contribution in [0.3, 0.4) is 0 Å². The Morgan fingerprint density at radius 2 is 1.90 bits per heavy atom. The standard InChI is InChI=1S/C13H20N4O2S2/c1-20-13-16-15-12(21-13)14-10(18)6-7-11(19)17-8-4-2-3-5-9-17/h2-9H2,1H3,(H,14,15,18). The van der Waals surface area contributed by atoms with Gasteiger partial charge in [-0.3, -0.25) is 9.59 Å². The Hall–Kier alpha value is -1.15. The summed E-state index contributed by atoms with van der Waals surface area (Å²) in [4.78, 5) is 25.8. The van der Waals surface area contributed by atoms with Crippen LogP contribution < -0.4 is 5.32 Å². The second-order valence-electron chi connectivity index (χ2n) is 4.92. The lowest BCUT2D eigenvalue weighted by molar-refractivity contribution is -0.132. The lowest BCUT2D eigenvalue weighted by Crippen LogP contribution is -2.32. The molecule has 21 heavy (non-hydrogen) atoms. The van der Waals surface area contributed by atoms with Crippen molar-refractivity contribution < 1.29 is 9.59 Å². The molecule has 0 saturated carbocycles. The molecule has 116 valence electrons. The van der Waals surface area contributed by atoms with Crippen LogP contribution in [0.25, 0.3) is 0 Å². The van der Waals surface area contributed by atoms with E-state index in [-0.39, 0.29) is 24.7 Å². The molecule has 1 aromatic heterocycles. The number of carbonyl (C=O) groups excluding carboxylic acids is 2. The SMILES string of the molecule is CSc1nnc(NC(=O)CCC(=O)N2CCCCCC2)s1. The third-order valence-corrected chi connectivity index (χ3v) is 5.17. The van der Waals surface area contributed by atoms with Gasteiger partial charge in [0, 0.05) is 25.9 Å². The minimum absolute atomic E-state index is 0.0779. The summed E-state index contributed by atoms with van der Waals surface area (Å²) in [7, 11) is 0. The van der Waals surface area contributed by atoms with E-state index in [1.807, 2.05) is 11.2 Å². The molecule has 1 N–H and O–H groups in total. The Morgan fingerprint density at radius 1 is 1.19 bits per heavy atom. The summed E-state index contributed by atoms with van der Waals surface area (Å²) in [5.74, 6) is -0.101. The maximum atomic E-state index is 12.1. The van der Waals surface area contributed by atoms with E-state index >= 15 is 0 Å². The number of nitrogens with zero attached hydrogens (tertiary/aromatic N) is 3. The number of hydrogen-bond acceptors (Lipinski definition) is 6. The first-order valence-electron chi connectivity index (χ1n) is 7.14. The third-order valence-electron chi connectivity index (χ3n) is 3.35. The predicted octanol–water partition coefficient (Wildman–Crippen LogP) is 2.38. The Kier molecular flexibility index (Phi) is 6.44. The minimum atomic E-state index is -0.179. The van der Waals surface area contributed by atoms with Crippen LogP contribution in [0.5, 0.6) is 0 Å². The maximum absolute atomic E-state index is 12.1. The first-order chi connectivity index (χ1) is 10.2. The Labute approximate surface area is 132 Å². The quantitative estimate of drug-likeness (QED) is 0.663. The van der Waals surface area contributed by atoms with E-state index in [0.29, 0.717) is 5.13 Å². The van der Waals surface area contributed by atoms with Gasteiger partial charge in [0.1, 0.15) is 0 Å². The lowest BCUT2D eigenvalue weighted by Gasteiger charge is -2.19. The molecule has 8 heteroatoms. The van der Waals surface area contributed by atoms with Gasteiger partial charge in [-0.1, -0.05) is 35.9 Å². The second kappa shape index (κ2) is 8.33. The van der Waals surface area contributed by atoms with Crippen molar-refractivity contribution >= 4 is 40.0 Å². The van der Waals surface area contributed by atoms with E-state index in [1.54, 1.807) is 0 Å². The van der Waals surface area contributed by atoms with Crippen molar-refractivity contribution in [2.45, 2.75) is 42.9 Å². The molecule has 2 heterocycles. The van der Waals surface area contributed by atoms with Crippen molar-refractivity contribution in [1.29, 1.82) is 0 Å². The fourth-order valence-electron chi connectivity index (χ4n) is 2.22. The van der Waals surface area contributed by atoms with Gasteiger partial charge >= 0.3 is 0 Å². The van der Waals surface area contributed by atoms with Crippen molar-refractivity contribution in [2.75, 3.05) is 24.7 Å². The van der Waals surface area contributed by atoms with Crippen LogP contribution in [0.4, 0.5) is 5.13 Å². The number of nitrogens with one attached hydrogen (secondary N) is 1. The molecule has 1 aliphatic heterocycles. The van der Waals surface area contributed by atoms with E-state index in [1.165, 1.54) is 35.9 Å². The van der Waals surface area contributed by atoms with Crippen molar-refractivity contribution in [2.24, 2.45) is 0 Å². The van der Waals surface area contributed by atoms with E-state index in [0.717, 1.165) is 30.3 Å². The van der Waals surface area contributed by atoms with Crippen LogP contribution in [-0.2, 0) is 9.59 Å². The van der Waals surface area contributed by atoms with Gasteiger partial charge in [0.2, 0.25) is 16.9 Å². The highest BCUT2D eigenvalue weighted by molar-refractivity contribution is 8.00. The minimum Gasteiger partial charge on any atom is -0.343 e. The van der Waals surface area contributed by atoms with Crippen molar-refractivity contribution in [3.05, 3.63) is 0 Å². The van der Waals surface area contributed by atoms with Gasteiger partial charge in [-0.2, -0.15) is 0 Å². The lowest BCUT2D eigenvalue weighted by atomic mass is 10.2. The van der Waals surface area contributed by atoms with Crippen LogP contribution in [0.2, 0.25) is 0 Å². The summed E-state index contributed by atoms with van der Waals surface area (Å²) in [5.41, 5.74) is 0. The molecule has 0 atom stereocenters. The highest BCUT2D eigenvalue weighted by atomic mass is 32.2. The zero-order chi connectivity index (χ0) is 15.1. The molecule has 0 radical (unpaired) electrons. The Morgan fingerprint density at radius 3 is 2.52 bits per heavy atom. The molecule has 0 bridgehead atoms. The fourth-order valence-corrected chi connectivity index (χ4v) is 3.41. The van der Waals surface area contributed by atoms with E-state index in [9.17, 15) is 9.59 Å². The Balaban J connectivity index is 1.73. The fraction of sp³-hybridized carbons (Fsp3) is 0.692. The molecule has 1 aromatic rings. The van der Waals surface area contributed by atoms with Crippen molar-refractivity contribution in [3.63, 3.8) is 0 Å². The largest absolute Gasteiger partial charge is 0.343 e. The number of hydrogen-bond donors (Lipinski definition) is 1. The van der Waals surface area contributed by atoms with Crippen molar-refractivity contribution in [1.82, 2.24) is 15.1 Å². The van der Waals surface area contributed by atoms with E-state index in [4.69, 9.17) is 0 Å². The van der Waals surface area contributed by atoms with Gasteiger partial charge in [0.05, 0.1) is 0 Å². The van der Waals surface area contributed by atoms with Gasteiger partial charge in [0.15, 0.2) is 4.34 Å². The molecular formula is C13H20N4O2S2. The molecule has 0 aliphatic carbocycles. The highest BCUT2D eigenvalue weighted by Crippen LogP contribution is 2.23. The summed E-state index contributed by atoms with van der Waals surface area (Å²) in [5, 5.41) is 11.0. The zero-order valence-electron chi connectivity index (χ0n) is 12.1. The molecule has 0 unspecified atom stereocenters. The normalized spacial score (nSPS) is 15.6. The molecule has 1 saturated heterocycles. The Bertz CT molecular complexity index is 484. The molecule has 0 aromatic carbocycles. The van der Waals surface area contributed by atoms with Gasteiger partial charge in [-0.05, 0) is 19.1 Å². The second-order valence-corrected chi connectivity index (χ2v) is 6.95. The first kappa shape index (κ1) is 16.2. The number of carbonyl (C=O) groups is 2. The molecule has 1 fully saturated rings. The maximum Gasteiger partial charge on any atom is 0.226 e. The smallest absolute Gasteiger partial charge is 0.226 e. The van der Waals surface area contributed by atoms with Gasteiger partial charge in [-0.25, -0.2) is 0 Å². The number of rotatable bonds is 5. The van der Waals surface area contributed by atoms with Gasteiger partial charge < -0.3 is 10.2 Å². The summed E-state index contributed by atoms with van der Waals surface area (Å²) >= 11 is 2.83. The topological polar surface area (TPSA) is 75.2 Å². The number of anilines is 1. The van der Waals surface area contributed by atoms with Crippen molar-refractivity contribution in [3.8, 4) is 0 Å². The number of aromatic nitrogens is 2. The van der Waals surface area contributed by atoms with Crippen LogP contribution >= 0.6 is 23.1 Å².